The second-order valence-corrected chi connectivity index (χ2v) is 5.59. The van der Waals surface area contributed by atoms with Crippen LogP contribution in [0, 0.1) is 0 Å². The number of aromatic nitrogens is 4. The fraction of sp³-hybridized carbons (Fsp3) is 0.462. The molecule has 3 heterocycles. The van der Waals surface area contributed by atoms with Gasteiger partial charge in [0.15, 0.2) is 5.69 Å². The van der Waals surface area contributed by atoms with Crippen LogP contribution in [-0.4, -0.2) is 48.4 Å². The Bertz CT molecular complexity index is 816. The normalized spacial score (nSPS) is 18.9. The third kappa shape index (κ3) is 2.65. The third-order valence-corrected chi connectivity index (χ3v) is 3.56. The Labute approximate surface area is 133 Å². The number of anilines is 1. The van der Waals surface area contributed by atoms with Crippen LogP contribution >= 0.6 is 0 Å². The summed E-state index contributed by atoms with van der Waals surface area (Å²) in [5.74, 6) is -1.24. The van der Waals surface area contributed by atoms with Crippen molar-refractivity contribution >= 4 is 23.4 Å². The highest BCUT2D eigenvalue weighted by Crippen LogP contribution is 2.30. The van der Waals surface area contributed by atoms with Crippen molar-refractivity contribution in [3.8, 4) is 0 Å². The van der Waals surface area contributed by atoms with Crippen molar-refractivity contribution in [3.05, 3.63) is 18.1 Å². The van der Waals surface area contributed by atoms with Gasteiger partial charge in [0.1, 0.15) is 18.2 Å². The smallest absolute Gasteiger partial charge is 0.358 e. The maximum absolute atomic E-state index is 12.9. The van der Waals surface area contributed by atoms with Crippen molar-refractivity contribution in [2.75, 3.05) is 5.32 Å². The molecule has 1 saturated heterocycles. The summed E-state index contributed by atoms with van der Waals surface area (Å²) in [5, 5.41) is 6.44. The van der Waals surface area contributed by atoms with Gasteiger partial charge in [-0.25, -0.2) is 4.98 Å². The van der Waals surface area contributed by atoms with E-state index < -0.39 is 23.8 Å². The largest absolute Gasteiger partial charge is 0.433 e. The molecule has 8 nitrogen and oxygen atoms in total. The predicted octanol–water partition coefficient (Wildman–Crippen LogP) is 1.09. The van der Waals surface area contributed by atoms with Crippen molar-refractivity contribution in [1.82, 2.24) is 24.5 Å². The van der Waals surface area contributed by atoms with Gasteiger partial charge < -0.3 is 5.32 Å². The molecule has 2 aromatic heterocycles. The van der Waals surface area contributed by atoms with E-state index in [4.69, 9.17) is 0 Å². The molecule has 0 aliphatic carbocycles. The number of halogens is 3. The first-order chi connectivity index (χ1) is 11.2. The highest BCUT2D eigenvalue weighted by Gasteiger charge is 2.41. The molecule has 0 radical (unpaired) electrons. The highest BCUT2D eigenvalue weighted by atomic mass is 19.4. The van der Waals surface area contributed by atoms with Crippen LogP contribution in [0.3, 0.4) is 0 Å². The molecule has 1 aliphatic rings. The molecule has 2 amide bonds. The van der Waals surface area contributed by atoms with Crippen molar-refractivity contribution in [1.29, 1.82) is 0 Å². The molecule has 0 bridgehead atoms. The lowest BCUT2D eigenvalue weighted by molar-refractivity contribution is -0.141. The van der Waals surface area contributed by atoms with Crippen molar-refractivity contribution in [2.45, 2.75) is 38.5 Å². The first-order valence-electron chi connectivity index (χ1n) is 7.09. The van der Waals surface area contributed by atoms with E-state index in [1.807, 2.05) is 0 Å². The minimum Gasteiger partial charge on any atom is -0.358 e. The number of alkyl halides is 3. The average Bonchev–Trinajstić information content (AvgIpc) is 3.03. The molecule has 128 valence electrons. The van der Waals surface area contributed by atoms with Gasteiger partial charge in [-0.3, -0.25) is 14.5 Å². The van der Waals surface area contributed by atoms with Gasteiger partial charge in [0.25, 0.3) is 11.7 Å². The standard InChI is InChI=1S/C13H13F3N6O2/c1-6(2)21-10(23)3-7(11(21)24)19-9-4-8(13(14,15)16)20-12-17-5-18-22(9)12/h4-7,19H,3H2,1-2H3. The van der Waals surface area contributed by atoms with Crippen LogP contribution in [0.4, 0.5) is 19.0 Å². The third-order valence-electron chi connectivity index (χ3n) is 3.56. The number of carbonyl (C=O) groups is 2. The summed E-state index contributed by atoms with van der Waals surface area (Å²) in [6, 6.07) is -0.556. The maximum atomic E-state index is 12.9. The van der Waals surface area contributed by atoms with Gasteiger partial charge >= 0.3 is 6.18 Å². The summed E-state index contributed by atoms with van der Waals surface area (Å²) in [6.07, 6.45) is -3.77. The van der Waals surface area contributed by atoms with Gasteiger partial charge in [-0.2, -0.15) is 27.8 Å². The van der Waals surface area contributed by atoms with Gasteiger partial charge in [-0.15, -0.1) is 0 Å². The lowest BCUT2D eigenvalue weighted by atomic mass is 10.2. The monoisotopic (exact) mass is 342 g/mol. The molecule has 1 atom stereocenters. The fourth-order valence-corrected chi connectivity index (χ4v) is 2.55. The lowest BCUT2D eigenvalue weighted by Gasteiger charge is -2.19. The molecular weight excluding hydrogens is 329 g/mol. The van der Waals surface area contributed by atoms with E-state index in [-0.39, 0.29) is 30.0 Å². The quantitative estimate of drug-likeness (QED) is 0.840. The van der Waals surface area contributed by atoms with Crippen LogP contribution in [-0.2, 0) is 15.8 Å². The molecule has 1 unspecified atom stereocenters. The van der Waals surface area contributed by atoms with Crippen LogP contribution < -0.4 is 5.32 Å². The Balaban J connectivity index is 1.97. The summed E-state index contributed by atoms with van der Waals surface area (Å²) < 4.78 is 39.9. The van der Waals surface area contributed by atoms with Crippen LogP contribution in [0.2, 0.25) is 0 Å². The zero-order valence-electron chi connectivity index (χ0n) is 12.7. The first-order valence-corrected chi connectivity index (χ1v) is 7.09. The van der Waals surface area contributed by atoms with Gasteiger partial charge in [0.2, 0.25) is 5.91 Å². The molecule has 11 heteroatoms. The molecule has 2 aromatic rings. The molecule has 1 fully saturated rings. The zero-order chi connectivity index (χ0) is 17.6. The SMILES string of the molecule is CC(C)N1C(=O)CC(Nc2cc(C(F)(F)F)nc3ncnn23)C1=O. The second-order valence-electron chi connectivity index (χ2n) is 5.59. The van der Waals surface area contributed by atoms with Gasteiger partial charge in [-0.1, -0.05) is 0 Å². The first kappa shape index (κ1) is 16.1. The summed E-state index contributed by atoms with van der Waals surface area (Å²) in [7, 11) is 0. The Hall–Kier alpha value is -2.72. The Morgan fingerprint density at radius 1 is 1.33 bits per heavy atom. The van der Waals surface area contributed by atoms with Crippen LogP contribution in [0.5, 0.6) is 0 Å². The van der Waals surface area contributed by atoms with E-state index in [0.717, 1.165) is 21.8 Å². The topological polar surface area (TPSA) is 92.5 Å². The fourth-order valence-electron chi connectivity index (χ4n) is 2.55. The van der Waals surface area contributed by atoms with E-state index in [1.54, 1.807) is 13.8 Å². The summed E-state index contributed by atoms with van der Waals surface area (Å²) >= 11 is 0. The number of hydrogen-bond donors (Lipinski definition) is 1. The Morgan fingerprint density at radius 2 is 2.04 bits per heavy atom. The van der Waals surface area contributed by atoms with E-state index in [9.17, 15) is 22.8 Å². The van der Waals surface area contributed by atoms with Crippen LogP contribution in [0.1, 0.15) is 26.0 Å². The second kappa shape index (κ2) is 5.42. The van der Waals surface area contributed by atoms with E-state index >= 15 is 0 Å². The molecule has 1 aliphatic heterocycles. The zero-order valence-corrected chi connectivity index (χ0v) is 12.7. The van der Waals surface area contributed by atoms with Crippen LogP contribution in [0.15, 0.2) is 12.4 Å². The van der Waals surface area contributed by atoms with Gasteiger partial charge in [0.05, 0.1) is 6.42 Å². The molecular formula is C13H13F3N6O2. The number of rotatable bonds is 3. The Morgan fingerprint density at radius 3 is 2.62 bits per heavy atom. The molecule has 0 saturated carbocycles. The number of nitrogens with zero attached hydrogens (tertiary/aromatic N) is 5. The number of hydrogen-bond acceptors (Lipinski definition) is 6. The summed E-state index contributed by atoms with van der Waals surface area (Å²) in [4.78, 5) is 32.3. The number of fused-ring (bicyclic) bond motifs is 1. The summed E-state index contributed by atoms with van der Waals surface area (Å²) in [5.41, 5.74) is -1.16. The van der Waals surface area contributed by atoms with E-state index in [0.29, 0.717) is 0 Å². The number of nitrogens with one attached hydrogen (secondary N) is 1. The van der Waals surface area contributed by atoms with Crippen molar-refractivity contribution in [2.24, 2.45) is 0 Å². The molecule has 3 rings (SSSR count). The molecule has 0 spiro atoms. The van der Waals surface area contributed by atoms with E-state index in [2.05, 4.69) is 20.4 Å². The van der Waals surface area contributed by atoms with Crippen molar-refractivity contribution in [3.63, 3.8) is 0 Å². The predicted molar refractivity (Wildman–Crippen MR) is 74.8 cm³/mol. The maximum Gasteiger partial charge on any atom is 0.433 e. The molecule has 1 N–H and O–H groups in total. The average molecular weight is 342 g/mol. The lowest BCUT2D eigenvalue weighted by Crippen LogP contribution is -2.39. The number of imide groups is 1. The minimum atomic E-state index is -4.68. The van der Waals surface area contributed by atoms with Crippen LogP contribution in [0.25, 0.3) is 5.78 Å². The number of amides is 2. The van der Waals surface area contributed by atoms with E-state index in [1.165, 1.54) is 0 Å². The summed E-state index contributed by atoms with van der Waals surface area (Å²) in [6.45, 7) is 3.37. The molecule has 24 heavy (non-hydrogen) atoms. The minimum absolute atomic E-state index is 0.110. The number of carbonyl (C=O) groups excluding carboxylic acids is 2. The Kier molecular flexibility index (Phi) is 3.65. The van der Waals surface area contributed by atoms with Gasteiger partial charge in [-0.05, 0) is 13.8 Å². The number of likely N-dealkylation sites (tertiary alicyclic amines) is 1. The van der Waals surface area contributed by atoms with Gasteiger partial charge in [0, 0.05) is 12.1 Å². The highest BCUT2D eigenvalue weighted by molar-refractivity contribution is 6.07. The van der Waals surface area contributed by atoms with Crippen molar-refractivity contribution < 1.29 is 22.8 Å². The molecule has 0 aromatic carbocycles.